The fourth-order valence-electron chi connectivity index (χ4n) is 2.76. The maximum absolute atomic E-state index is 12.5. The molecule has 1 aromatic carbocycles. The zero-order valence-electron chi connectivity index (χ0n) is 13.8. The van der Waals surface area contributed by atoms with Crippen molar-refractivity contribution in [3.05, 3.63) is 35.4 Å². The van der Waals surface area contributed by atoms with Crippen molar-refractivity contribution >= 4 is 5.91 Å². The predicted molar refractivity (Wildman–Crippen MR) is 88.7 cm³/mol. The van der Waals surface area contributed by atoms with E-state index in [9.17, 15) is 4.79 Å². The summed E-state index contributed by atoms with van der Waals surface area (Å²) < 4.78 is 5.69. The number of benzene rings is 1. The Balaban J connectivity index is 1.96. The third kappa shape index (κ3) is 4.82. The van der Waals surface area contributed by atoms with Crippen LogP contribution < -0.4 is 5.73 Å². The number of nitrogens with two attached hydrogens (primary N) is 1. The van der Waals surface area contributed by atoms with Crippen LogP contribution in [-0.4, -0.2) is 43.2 Å². The molecule has 0 aliphatic carbocycles. The zero-order valence-corrected chi connectivity index (χ0v) is 13.8. The van der Waals surface area contributed by atoms with E-state index in [0.717, 1.165) is 32.4 Å². The van der Waals surface area contributed by atoms with Gasteiger partial charge in [0, 0.05) is 32.2 Å². The molecule has 2 atom stereocenters. The first kappa shape index (κ1) is 17.0. The van der Waals surface area contributed by atoms with Gasteiger partial charge in [-0.15, -0.1) is 0 Å². The second-order valence-electron chi connectivity index (χ2n) is 6.29. The van der Waals surface area contributed by atoms with Gasteiger partial charge in [0.05, 0.1) is 6.10 Å². The summed E-state index contributed by atoms with van der Waals surface area (Å²) in [6.07, 6.45) is 3.20. The first-order valence-electron chi connectivity index (χ1n) is 8.26. The SMILES string of the molecule is Cc1ccc(CCN(CC2CCCO2)C(=O)C(C)CN)cc1. The van der Waals surface area contributed by atoms with Crippen LogP contribution in [0.25, 0.3) is 0 Å². The molecule has 4 heteroatoms. The van der Waals surface area contributed by atoms with E-state index in [2.05, 4.69) is 31.2 Å². The van der Waals surface area contributed by atoms with Crippen LogP contribution in [0.2, 0.25) is 0 Å². The summed E-state index contributed by atoms with van der Waals surface area (Å²) in [7, 11) is 0. The topological polar surface area (TPSA) is 55.6 Å². The van der Waals surface area contributed by atoms with E-state index in [4.69, 9.17) is 10.5 Å². The molecule has 122 valence electrons. The average Bonchev–Trinajstić information content (AvgIpc) is 3.04. The Hall–Kier alpha value is -1.39. The fourth-order valence-corrected chi connectivity index (χ4v) is 2.76. The van der Waals surface area contributed by atoms with Crippen molar-refractivity contribution in [2.24, 2.45) is 11.7 Å². The molecule has 4 nitrogen and oxygen atoms in total. The molecule has 0 saturated carbocycles. The molecule has 1 saturated heterocycles. The van der Waals surface area contributed by atoms with E-state index >= 15 is 0 Å². The first-order valence-corrected chi connectivity index (χ1v) is 8.26. The van der Waals surface area contributed by atoms with Crippen LogP contribution >= 0.6 is 0 Å². The van der Waals surface area contributed by atoms with Crippen molar-refractivity contribution < 1.29 is 9.53 Å². The Morgan fingerprint density at radius 2 is 2.14 bits per heavy atom. The number of aryl methyl sites for hydroxylation is 1. The highest BCUT2D eigenvalue weighted by Crippen LogP contribution is 2.15. The number of hydrogen-bond donors (Lipinski definition) is 1. The monoisotopic (exact) mass is 304 g/mol. The highest BCUT2D eigenvalue weighted by molar-refractivity contribution is 5.78. The highest BCUT2D eigenvalue weighted by atomic mass is 16.5. The van der Waals surface area contributed by atoms with Crippen molar-refractivity contribution in [3.8, 4) is 0 Å². The number of carbonyl (C=O) groups excluding carboxylic acids is 1. The van der Waals surface area contributed by atoms with Crippen molar-refractivity contribution in [3.63, 3.8) is 0 Å². The molecule has 0 bridgehead atoms. The van der Waals surface area contributed by atoms with Gasteiger partial charge in [0.2, 0.25) is 5.91 Å². The van der Waals surface area contributed by atoms with Crippen molar-refractivity contribution in [2.75, 3.05) is 26.2 Å². The molecule has 1 aliphatic heterocycles. The molecule has 1 aromatic rings. The molecular weight excluding hydrogens is 276 g/mol. The Bertz CT molecular complexity index is 466. The molecule has 1 aliphatic rings. The van der Waals surface area contributed by atoms with Crippen LogP contribution in [0.15, 0.2) is 24.3 Å². The quantitative estimate of drug-likeness (QED) is 0.839. The average molecular weight is 304 g/mol. The number of ether oxygens (including phenoxy) is 1. The smallest absolute Gasteiger partial charge is 0.226 e. The van der Waals surface area contributed by atoms with Gasteiger partial charge < -0.3 is 15.4 Å². The van der Waals surface area contributed by atoms with Gasteiger partial charge in [-0.3, -0.25) is 4.79 Å². The van der Waals surface area contributed by atoms with Gasteiger partial charge >= 0.3 is 0 Å². The lowest BCUT2D eigenvalue weighted by atomic mass is 10.1. The summed E-state index contributed by atoms with van der Waals surface area (Å²) >= 11 is 0. The predicted octanol–water partition coefficient (Wildman–Crippen LogP) is 2.14. The fraction of sp³-hybridized carbons (Fsp3) is 0.611. The second-order valence-corrected chi connectivity index (χ2v) is 6.29. The summed E-state index contributed by atoms with van der Waals surface area (Å²) in [5.41, 5.74) is 8.18. The third-order valence-corrected chi connectivity index (χ3v) is 4.33. The van der Waals surface area contributed by atoms with Gasteiger partial charge in [-0.1, -0.05) is 36.8 Å². The molecule has 0 radical (unpaired) electrons. The van der Waals surface area contributed by atoms with Gasteiger partial charge in [0.15, 0.2) is 0 Å². The molecule has 1 fully saturated rings. The normalized spacial score (nSPS) is 19.1. The lowest BCUT2D eigenvalue weighted by Crippen LogP contribution is -2.43. The van der Waals surface area contributed by atoms with Crippen molar-refractivity contribution in [1.82, 2.24) is 4.90 Å². The molecule has 22 heavy (non-hydrogen) atoms. The van der Waals surface area contributed by atoms with Crippen LogP contribution in [0, 0.1) is 12.8 Å². The van der Waals surface area contributed by atoms with Crippen LogP contribution in [0.1, 0.15) is 30.9 Å². The van der Waals surface area contributed by atoms with Gasteiger partial charge in [0.25, 0.3) is 0 Å². The summed E-state index contributed by atoms with van der Waals surface area (Å²) in [6, 6.07) is 8.50. The Morgan fingerprint density at radius 3 is 2.73 bits per heavy atom. The largest absolute Gasteiger partial charge is 0.376 e. The maximum atomic E-state index is 12.5. The van der Waals surface area contributed by atoms with E-state index in [0.29, 0.717) is 13.1 Å². The number of carbonyl (C=O) groups is 1. The summed E-state index contributed by atoms with van der Waals surface area (Å²) in [5.74, 6) is 0.0181. The van der Waals surface area contributed by atoms with E-state index in [1.54, 1.807) is 0 Å². The molecule has 0 spiro atoms. The Morgan fingerprint density at radius 1 is 1.41 bits per heavy atom. The zero-order chi connectivity index (χ0) is 15.9. The van der Waals surface area contributed by atoms with Crippen molar-refractivity contribution in [2.45, 2.75) is 39.2 Å². The minimum Gasteiger partial charge on any atom is -0.376 e. The van der Waals surface area contributed by atoms with Gasteiger partial charge in [0.1, 0.15) is 0 Å². The van der Waals surface area contributed by atoms with E-state index in [1.165, 1.54) is 11.1 Å². The molecule has 1 heterocycles. The first-order chi connectivity index (χ1) is 10.6. The highest BCUT2D eigenvalue weighted by Gasteiger charge is 2.24. The Kier molecular flexibility index (Phi) is 6.40. The number of nitrogens with zero attached hydrogens (tertiary/aromatic N) is 1. The molecule has 0 aromatic heterocycles. The summed E-state index contributed by atoms with van der Waals surface area (Å²) in [6.45, 7) is 6.61. The third-order valence-electron chi connectivity index (χ3n) is 4.33. The lowest BCUT2D eigenvalue weighted by Gasteiger charge is -2.28. The Labute approximate surface area is 133 Å². The number of rotatable bonds is 7. The van der Waals surface area contributed by atoms with Gasteiger partial charge in [-0.05, 0) is 31.7 Å². The second kappa shape index (κ2) is 8.30. The van der Waals surface area contributed by atoms with Crippen molar-refractivity contribution in [1.29, 1.82) is 0 Å². The summed E-state index contributed by atoms with van der Waals surface area (Å²) in [4.78, 5) is 14.5. The molecule has 1 amide bonds. The van der Waals surface area contributed by atoms with Crippen LogP contribution in [-0.2, 0) is 16.0 Å². The molecular formula is C18H28N2O2. The standard InChI is InChI=1S/C18H28N2O2/c1-14-5-7-16(8-6-14)9-10-20(18(21)15(2)12-19)13-17-4-3-11-22-17/h5-8,15,17H,3-4,9-13,19H2,1-2H3. The minimum absolute atomic E-state index is 0.126. The maximum Gasteiger partial charge on any atom is 0.226 e. The number of hydrogen-bond acceptors (Lipinski definition) is 3. The molecule has 2 unspecified atom stereocenters. The summed E-state index contributed by atoms with van der Waals surface area (Å²) in [5, 5.41) is 0. The van der Waals surface area contributed by atoms with Gasteiger partial charge in [-0.2, -0.15) is 0 Å². The van der Waals surface area contributed by atoms with Gasteiger partial charge in [-0.25, -0.2) is 0 Å². The number of amides is 1. The minimum atomic E-state index is -0.126. The van der Waals surface area contributed by atoms with Crippen LogP contribution in [0.4, 0.5) is 0 Å². The van der Waals surface area contributed by atoms with E-state index in [-0.39, 0.29) is 17.9 Å². The molecule has 2 N–H and O–H groups in total. The van der Waals surface area contributed by atoms with Crippen LogP contribution in [0.3, 0.4) is 0 Å². The van der Waals surface area contributed by atoms with E-state index < -0.39 is 0 Å². The van der Waals surface area contributed by atoms with E-state index in [1.807, 2.05) is 11.8 Å². The molecule has 2 rings (SSSR count). The lowest BCUT2D eigenvalue weighted by molar-refractivity contribution is -0.136. The van der Waals surface area contributed by atoms with Crippen LogP contribution in [0.5, 0.6) is 0 Å².